The van der Waals surface area contributed by atoms with Crippen LogP contribution in [-0.2, 0) is 10.0 Å². The van der Waals surface area contributed by atoms with Crippen molar-refractivity contribution in [1.82, 2.24) is 18.9 Å². The molecule has 0 radical (unpaired) electrons. The van der Waals surface area contributed by atoms with E-state index in [9.17, 15) is 18.5 Å². The SMILES string of the molecule is CN(C)CCOc1ccc([N+](=O)[O-])cc1S(=O)(=O)N(C)/N=C\c1cnn2ccc(C#N)cc12.Cl. The zero-order valence-corrected chi connectivity index (χ0v) is 20.2. The molecule has 0 unspecified atom stereocenters. The summed E-state index contributed by atoms with van der Waals surface area (Å²) in [6, 6.07) is 8.60. The first-order valence-corrected chi connectivity index (χ1v) is 11.0. The molecule has 2 aromatic heterocycles. The van der Waals surface area contributed by atoms with E-state index < -0.39 is 20.6 Å². The van der Waals surface area contributed by atoms with Crippen LogP contribution in [0.2, 0.25) is 0 Å². The van der Waals surface area contributed by atoms with Gasteiger partial charge in [0.1, 0.15) is 17.3 Å². The number of nitro groups is 1. The van der Waals surface area contributed by atoms with Gasteiger partial charge in [0.25, 0.3) is 15.7 Å². The second-order valence-corrected chi connectivity index (χ2v) is 9.10. The van der Waals surface area contributed by atoms with Crippen LogP contribution < -0.4 is 4.74 Å². The minimum absolute atomic E-state index is 0. The Labute approximate surface area is 202 Å². The fraction of sp³-hybridized carbons (Fsp3) is 0.250. The molecule has 1 aromatic carbocycles. The Bertz CT molecular complexity index is 1370. The minimum atomic E-state index is -4.28. The predicted octanol–water partition coefficient (Wildman–Crippen LogP) is 2.13. The number of nitriles is 1. The molecule has 0 saturated heterocycles. The van der Waals surface area contributed by atoms with E-state index >= 15 is 0 Å². The van der Waals surface area contributed by atoms with Crippen molar-refractivity contribution in [2.24, 2.45) is 5.10 Å². The normalized spacial score (nSPS) is 11.4. The Balaban J connectivity index is 0.00000408. The van der Waals surface area contributed by atoms with E-state index in [1.807, 2.05) is 25.1 Å². The predicted molar refractivity (Wildman–Crippen MR) is 127 cm³/mol. The van der Waals surface area contributed by atoms with E-state index in [-0.39, 0.29) is 29.7 Å². The molecule has 0 fully saturated rings. The van der Waals surface area contributed by atoms with Crippen LogP contribution in [0.4, 0.5) is 5.69 Å². The van der Waals surface area contributed by atoms with Crippen molar-refractivity contribution in [3.8, 4) is 11.8 Å². The van der Waals surface area contributed by atoms with Crippen molar-refractivity contribution >= 4 is 39.8 Å². The number of nitro benzene ring substituents is 1. The molecule has 14 heteroatoms. The summed E-state index contributed by atoms with van der Waals surface area (Å²) in [7, 11) is 0.592. The summed E-state index contributed by atoms with van der Waals surface area (Å²) in [5, 5.41) is 28.4. The van der Waals surface area contributed by atoms with Gasteiger partial charge in [0.15, 0.2) is 0 Å². The lowest BCUT2D eigenvalue weighted by atomic mass is 10.2. The summed E-state index contributed by atoms with van der Waals surface area (Å²) < 4.78 is 34.2. The van der Waals surface area contributed by atoms with Crippen molar-refractivity contribution in [2.45, 2.75) is 4.90 Å². The van der Waals surface area contributed by atoms with Gasteiger partial charge in [-0.3, -0.25) is 10.1 Å². The number of fused-ring (bicyclic) bond motifs is 1. The van der Waals surface area contributed by atoms with Crippen LogP contribution in [0.1, 0.15) is 11.1 Å². The molecule has 0 spiro atoms. The standard InChI is InChI=1S/C20H21N7O5S.ClH/c1-24(2)8-9-32-19-5-4-17(27(28)29)11-20(19)33(30,31)25(3)22-13-16-14-23-26-7-6-15(12-21)10-18(16)26;/h4-7,10-11,13-14H,8-9H2,1-3H3;1H/b22-13-;. The third kappa shape index (κ3) is 5.79. The van der Waals surface area contributed by atoms with Crippen LogP contribution in [0.25, 0.3) is 5.52 Å². The number of ether oxygens (including phenoxy) is 1. The van der Waals surface area contributed by atoms with E-state index in [1.54, 1.807) is 18.3 Å². The van der Waals surface area contributed by atoms with Gasteiger partial charge >= 0.3 is 0 Å². The summed E-state index contributed by atoms with van der Waals surface area (Å²) in [5.41, 5.74) is 1.06. The number of hydrogen-bond acceptors (Lipinski definition) is 9. The van der Waals surface area contributed by atoms with Crippen LogP contribution in [0, 0.1) is 21.4 Å². The number of nitrogens with zero attached hydrogens (tertiary/aromatic N) is 7. The van der Waals surface area contributed by atoms with Gasteiger partial charge in [-0.05, 0) is 32.3 Å². The number of aromatic nitrogens is 2. The summed E-state index contributed by atoms with van der Waals surface area (Å²) >= 11 is 0. The molecule has 0 aliphatic carbocycles. The van der Waals surface area contributed by atoms with Gasteiger partial charge in [-0.1, -0.05) is 0 Å². The van der Waals surface area contributed by atoms with Gasteiger partial charge in [-0.15, -0.1) is 12.4 Å². The Kier molecular flexibility index (Phi) is 8.52. The first kappa shape index (κ1) is 26.5. The van der Waals surface area contributed by atoms with Crippen molar-refractivity contribution in [3.63, 3.8) is 0 Å². The average molecular weight is 508 g/mol. The highest BCUT2D eigenvalue weighted by atomic mass is 35.5. The van der Waals surface area contributed by atoms with E-state index in [4.69, 9.17) is 10.00 Å². The van der Waals surface area contributed by atoms with E-state index in [0.717, 1.165) is 6.07 Å². The number of pyridine rings is 1. The molecule has 0 amide bonds. The monoisotopic (exact) mass is 507 g/mol. The molecule has 3 rings (SSSR count). The molecule has 12 nitrogen and oxygen atoms in total. The number of hydrogen-bond donors (Lipinski definition) is 0. The molecule has 0 atom stereocenters. The van der Waals surface area contributed by atoms with Gasteiger partial charge in [-0.2, -0.15) is 28.3 Å². The zero-order valence-electron chi connectivity index (χ0n) is 18.5. The smallest absolute Gasteiger partial charge is 0.282 e. The molecule has 3 aromatic rings. The van der Waals surface area contributed by atoms with Crippen LogP contribution in [0.15, 0.2) is 52.7 Å². The summed E-state index contributed by atoms with van der Waals surface area (Å²) in [5.74, 6) is -0.0147. The first-order chi connectivity index (χ1) is 15.6. The number of rotatable bonds is 9. The minimum Gasteiger partial charge on any atom is -0.491 e. The van der Waals surface area contributed by atoms with Crippen molar-refractivity contribution in [1.29, 1.82) is 5.26 Å². The van der Waals surface area contributed by atoms with Crippen LogP contribution in [0.3, 0.4) is 0 Å². The molecule has 0 aliphatic rings. The van der Waals surface area contributed by atoms with Crippen LogP contribution in [-0.4, -0.2) is 72.8 Å². The zero-order chi connectivity index (χ0) is 24.2. The average Bonchev–Trinajstić information content (AvgIpc) is 3.19. The summed E-state index contributed by atoms with van der Waals surface area (Å²) in [6.07, 6.45) is 4.36. The summed E-state index contributed by atoms with van der Waals surface area (Å²) in [4.78, 5) is 12.0. The lowest BCUT2D eigenvalue weighted by molar-refractivity contribution is -0.385. The quantitative estimate of drug-likeness (QED) is 0.243. The molecule has 0 saturated carbocycles. The lowest BCUT2D eigenvalue weighted by Gasteiger charge is -2.17. The molecule has 180 valence electrons. The second kappa shape index (κ2) is 10.9. The Morgan fingerprint density at radius 2 is 2.03 bits per heavy atom. The van der Waals surface area contributed by atoms with Gasteiger partial charge in [0.2, 0.25) is 0 Å². The van der Waals surface area contributed by atoms with E-state index in [2.05, 4.69) is 10.2 Å². The van der Waals surface area contributed by atoms with Gasteiger partial charge in [0.05, 0.1) is 34.5 Å². The number of likely N-dealkylation sites (N-methyl/N-ethyl adjacent to an activating group) is 1. The second-order valence-electron chi connectivity index (χ2n) is 7.18. The molecule has 0 N–H and O–H groups in total. The van der Waals surface area contributed by atoms with Crippen molar-refractivity contribution in [3.05, 3.63) is 64.0 Å². The third-order valence-electron chi connectivity index (χ3n) is 4.60. The van der Waals surface area contributed by atoms with Crippen LogP contribution in [0.5, 0.6) is 5.75 Å². The fourth-order valence-electron chi connectivity index (χ4n) is 2.79. The largest absolute Gasteiger partial charge is 0.491 e. The van der Waals surface area contributed by atoms with Gasteiger partial charge in [-0.25, -0.2) is 4.52 Å². The maximum Gasteiger partial charge on any atom is 0.282 e. The van der Waals surface area contributed by atoms with E-state index in [0.29, 0.717) is 27.6 Å². The molecule has 0 bridgehead atoms. The molecular formula is C20H22ClN7O5S. The maximum atomic E-state index is 13.2. The molecule has 0 aliphatic heterocycles. The molecular weight excluding hydrogens is 486 g/mol. The fourth-order valence-corrected chi connectivity index (χ4v) is 3.89. The Morgan fingerprint density at radius 1 is 1.29 bits per heavy atom. The maximum absolute atomic E-state index is 13.2. The lowest BCUT2D eigenvalue weighted by Crippen LogP contribution is -2.24. The topological polar surface area (TPSA) is 146 Å². The Morgan fingerprint density at radius 3 is 2.68 bits per heavy atom. The van der Waals surface area contributed by atoms with Gasteiger partial charge < -0.3 is 9.64 Å². The highest BCUT2D eigenvalue weighted by Gasteiger charge is 2.27. The number of halogens is 1. The van der Waals surface area contributed by atoms with Crippen molar-refractivity contribution in [2.75, 3.05) is 34.3 Å². The highest BCUT2D eigenvalue weighted by Crippen LogP contribution is 2.30. The number of sulfonamides is 1. The summed E-state index contributed by atoms with van der Waals surface area (Å²) in [6.45, 7) is 0.702. The van der Waals surface area contributed by atoms with E-state index in [1.165, 1.54) is 36.1 Å². The number of hydrazone groups is 1. The van der Waals surface area contributed by atoms with Crippen molar-refractivity contribution < 1.29 is 18.1 Å². The van der Waals surface area contributed by atoms with Gasteiger partial charge in [0, 0.05) is 37.5 Å². The highest BCUT2D eigenvalue weighted by molar-refractivity contribution is 7.89. The molecule has 34 heavy (non-hydrogen) atoms. The number of non-ortho nitro benzene ring substituents is 1. The Hall–Kier alpha value is -3.73. The van der Waals surface area contributed by atoms with Crippen LogP contribution >= 0.6 is 12.4 Å². The third-order valence-corrected chi connectivity index (χ3v) is 6.26. The molecule has 2 heterocycles. The first-order valence-electron chi connectivity index (χ1n) is 9.60. The number of benzene rings is 1.